The highest BCUT2D eigenvalue weighted by molar-refractivity contribution is 6.02. The van der Waals surface area contributed by atoms with Gasteiger partial charge in [-0.25, -0.2) is 0 Å². The van der Waals surface area contributed by atoms with E-state index >= 15 is 9.59 Å². The minimum atomic E-state index is -0.736. The predicted molar refractivity (Wildman–Crippen MR) is 300 cm³/mol. The number of hydrogen-bond acceptors (Lipinski definition) is 7. The second kappa shape index (κ2) is 18.5. The molecule has 9 nitrogen and oxygen atoms in total. The van der Waals surface area contributed by atoms with E-state index in [9.17, 15) is 10.2 Å². The van der Waals surface area contributed by atoms with Gasteiger partial charge in [0.25, 0.3) is 0 Å². The van der Waals surface area contributed by atoms with Gasteiger partial charge in [0.2, 0.25) is 0 Å². The van der Waals surface area contributed by atoms with E-state index < -0.39 is 39.5 Å². The van der Waals surface area contributed by atoms with Crippen LogP contribution in [0.15, 0.2) is 41.7 Å². The summed E-state index contributed by atoms with van der Waals surface area (Å²) in [5, 5.41) is 30.3. The van der Waals surface area contributed by atoms with Crippen LogP contribution in [0.3, 0.4) is 0 Å². The molecule has 7 aliphatic carbocycles. The monoisotopic (exact) mass is 1040 g/mol. The number of carbonyl (C=O) groups is 2. The van der Waals surface area contributed by atoms with E-state index in [1.165, 1.54) is 89.4 Å². The minimum Gasteiger partial charge on any atom is -0.392 e. The number of Topliss-reactive ketones (excluding diaryl/α,β-unsaturated/α-hetero) is 2. The largest absolute Gasteiger partial charge is 0.392 e. The first kappa shape index (κ1) is 52.3. The van der Waals surface area contributed by atoms with Crippen molar-refractivity contribution in [2.45, 2.75) is 232 Å². The molecule has 76 heavy (non-hydrogen) atoms. The summed E-state index contributed by atoms with van der Waals surface area (Å²) >= 11 is 0. The number of nitrogens with one attached hydrogen (secondary N) is 2. The van der Waals surface area contributed by atoms with Gasteiger partial charge in [0.15, 0.2) is 5.78 Å². The van der Waals surface area contributed by atoms with Gasteiger partial charge in [-0.05, 0) is 208 Å². The van der Waals surface area contributed by atoms with E-state index in [4.69, 9.17) is 9.47 Å². The molecule has 6 saturated carbocycles. The van der Waals surface area contributed by atoms with E-state index in [-0.39, 0.29) is 40.5 Å². The Bertz CT molecular complexity index is 2770. The number of rotatable bonds is 10. The number of ether oxygens (including phenoxy) is 2. The summed E-state index contributed by atoms with van der Waals surface area (Å²) in [6.45, 7) is 19.6. The molecule has 0 bridgehead atoms. The molecule has 10 aliphatic rings. The van der Waals surface area contributed by atoms with Crippen LogP contribution in [0.1, 0.15) is 217 Å². The molecule has 13 unspecified atom stereocenters. The number of aryl methyl sites for hydroxylation is 1. The highest BCUT2D eigenvalue weighted by atomic mass is 16.6. The number of hydrogen-bond donors (Lipinski definition) is 4. The van der Waals surface area contributed by atoms with Crippen LogP contribution in [0.25, 0.3) is 11.0 Å². The molecule has 13 atom stereocenters. The lowest BCUT2D eigenvalue weighted by Crippen LogP contribution is -2.73. The molecule has 3 aromatic rings. The number of H-pyrrole nitrogens is 1. The summed E-state index contributed by atoms with van der Waals surface area (Å²) in [6.07, 6.45) is 25.1. The number of aromatic nitrogens is 2. The summed E-state index contributed by atoms with van der Waals surface area (Å²) in [5.74, 6) is 2.45. The lowest BCUT2D eigenvalue weighted by molar-refractivity contribution is -0.266. The molecular weight excluding hydrogens is 943 g/mol. The fourth-order valence-electron chi connectivity index (χ4n) is 21.5. The highest BCUT2D eigenvalue weighted by Gasteiger charge is 2.78. The van der Waals surface area contributed by atoms with Crippen molar-refractivity contribution < 1.29 is 29.3 Å². The third-order valence-electron chi connectivity index (χ3n) is 25.5. The Morgan fingerprint density at radius 1 is 0.842 bits per heavy atom. The first-order valence-corrected chi connectivity index (χ1v) is 31.2. The molecule has 1 spiro atoms. The zero-order valence-electron chi connectivity index (χ0n) is 48.0. The second-order valence-corrected chi connectivity index (χ2v) is 29.6. The minimum absolute atomic E-state index is 0.116. The van der Waals surface area contributed by atoms with Crippen LogP contribution in [-0.2, 0) is 38.4 Å². The number of allylic oxidation sites excluding steroid dienone is 1. The van der Waals surface area contributed by atoms with Crippen LogP contribution < -0.4 is 5.32 Å². The average molecular weight is 1040 g/mol. The molecule has 9 heteroatoms. The third kappa shape index (κ3) is 7.65. The number of carbonyl (C=O) groups excluding carboxylic acids is 2. The molecule has 2 saturated heterocycles. The summed E-state index contributed by atoms with van der Waals surface area (Å²) in [7, 11) is 2.08. The van der Waals surface area contributed by atoms with Crippen molar-refractivity contribution in [1.29, 1.82) is 0 Å². The van der Waals surface area contributed by atoms with Crippen molar-refractivity contribution in [3.8, 4) is 0 Å². The SMILES string of the molecule is CNCC1CCC2(CC(=O)C(C)(C3CCCC3)C3CCC4(C)C(C(O)C5Cn6cc(Cc7cc(C8CCCCC8)cc(C8CCOCC8)c7)c7[nH]cc(c76)CCC(C)(CC(O)C6OC6(C)C)C6=C5C4(C)CC6=O)C32C)C1. The maximum Gasteiger partial charge on any atom is 0.160 e. The van der Waals surface area contributed by atoms with Crippen molar-refractivity contribution in [2.24, 2.45) is 62.1 Å². The van der Waals surface area contributed by atoms with E-state index in [1.54, 1.807) is 0 Å². The first-order chi connectivity index (χ1) is 36.3. The van der Waals surface area contributed by atoms with Crippen LogP contribution in [0.4, 0.5) is 0 Å². The normalized spacial score (nSPS) is 41.2. The number of aliphatic hydroxyl groups is 2. The second-order valence-electron chi connectivity index (χ2n) is 29.6. The van der Waals surface area contributed by atoms with Gasteiger partial charge >= 0.3 is 0 Å². The van der Waals surface area contributed by atoms with E-state index in [2.05, 4.69) is 101 Å². The van der Waals surface area contributed by atoms with Gasteiger partial charge in [-0.15, -0.1) is 0 Å². The smallest absolute Gasteiger partial charge is 0.160 e. The topological polar surface area (TPSA) is 129 Å². The Morgan fingerprint density at radius 2 is 1.54 bits per heavy atom. The summed E-state index contributed by atoms with van der Waals surface area (Å²) < 4.78 is 14.6. The maximum atomic E-state index is 15.9. The number of ketones is 2. The lowest BCUT2D eigenvalue weighted by atomic mass is 9.29. The van der Waals surface area contributed by atoms with Crippen LogP contribution in [0.5, 0.6) is 0 Å². The standard InChI is InChI=1S/C67H95N3O6/c1-61(2)60(76-61)51(72)33-62(3)23-19-44-37-69-56-47(30-41-28-45(42-14-10-9-11-15-42)31-46(29-41)43-21-26-75-27-22-43)38-70(57(44)56)39-49-54-55(62)50(71)34-64(54,5)63(4)24-20-52-65(6,48-16-12-13-17-48)53(73)35-67(25-18-40(32-67)36-68-8)66(52,7)59(63)58(49)74/h28-29,31,37-38,40,42-43,48-49,51-52,58-60,68-69,72,74H,9-27,30,32-36,39H2,1-8H3. The lowest BCUT2D eigenvalue weighted by Gasteiger charge is -2.74. The van der Waals surface area contributed by atoms with E-state index in [0.29, 0.717) is 61.7 Å². The molecule has 5 heterocycles. The molecule has 0 amide bonds. The van der Waals surface area contributed by atoms with Crippen LogP contribution in [-0.4, -0.2) is 82.0 Å². The van der Waals surface area contributed by atoms with Gasteiger partial charge < -0.3 is 34.6 Å². The molecule has 1 aromatic carbocycles. The van der Waals surface area contributed by atoms with Gasteiger partial charge in [0.1, 0.15) is 11.9 Å². The summed E-state index contributed by atoms with van der Waals surface area (Å²) in [5.41, 5.74) is 8.50. The van der Waals surface area contributed by atoms with Crippen molar-refractivity contribution >= 4 is 22.6 Å². The molecule has 0 radical (unpaired) electrons. The first-order valence-electron chi connectivity index (χ1n) is 31.2. The van der Waals surface area contributed by atoms with Gasteiger partial charge in [-0.2, -0.15) is 0 Å². The zero-order chi connectivity index (χ0) is 53.0. The number of aromatic amines is 1. The summed E-state index contributed by atoms with van der Waals surface area (Å²) in [4.78, 5) is 35.2. The van der Waals surface area contributed by atoms with Gasteiger partial charge in [-0.3, -0.25) is 9.59 Å². The highest BCUT2D eigenvalue weighted by Crippen LogP contribution is 2.81. The zero-order valence-corrected chi connectivity index (χ0v) is 48.0. The Morgan fingerprint density at radius 3 is 2.24 bits per heavy atom. The number of epoxide rings is 1. The van der Waals surface area contributed by atoms with Gasteiger partial charge in [0.05, 0.1) is 28.8 Å². The third-order valence-corrected chi connectivity index (χ3v) is 25.5. The molecule has 13 rings (SSSR count). The number of aliphatic hydroxyl groups excluding tert-OH is 2. The van der Waals surface area contributed by atoms with Crippen molar-refractivity contribution in [3.63, 3.8) is 0 Å². The van der Waals surface area contributed by atoms with E-state index in [0.717, 1.165) is 96.0 Å². The van der Waals surface area contributed by atoms with E-state index in [1.807, 2.05) is 0 Å². The summed E-state index contributed by atoms with van der Waals surface area (Å²) in [6, 6.07) is 7.64. The quantitative estimate of drug-likeness (QED) is 0.149. The Balaban J connectivity index is 0.976. The Hall–Kier alpha value is -3.08. The predicted octanol–water partition coefficient (Wildman–Crippen LogP) is 12.9. The molecule has 4 N–H and O–H groups in total. The van der Waals surface area contributed by atoms with Gasteiger partial charge in [0, 0.05) is 73.7 Å². The average Bonchev–Trinajstić information content (AvgIpc) is 3.77. The molecule has 3 aliphatic heterocycles. The van der Waals surface area contributed by atoms with Crippen molar-refractivity contribution in [2.75, 3.05) is 26.8 Å². The number of benzene rings is 1. The molecule has 414 valence electrons. The Labute approximate surface area is 455 Å². The number of nitrogens with zero attached hydrogens (tertiary/aromatic N) is 1. The Kier molecular flexibility index (Phi) is 12.7. The van der Waals surface area contributed by atoms with Gasteiger partial charge in [-0.1, -0.05) is 84.9 Å². The maximum absolute atomic E-state index is 15.9. The molecule has 8 fully saturated rings. The fourth-order valence-corrected chi connectivity index (χ4v) is 21.5. The van der Waals surface area contributed by atoms with Crippen molar-refractivity contribution in [1.82, 2.24) is 14.9 Å². The molecular formula is C67H95N3O6. The van der Waals surface area contributed by atoms with Crippen LogP contribution in [0, 0.1) is 62.1 Å². The number of fused-ring (bicyclic) bond motifs is 5. The van der Waals surface area contributed by atoms with Crippen LogP contribution in [0.2, 0.25) is 0 Å². The fraction of sp³-hybridized carbons (Fsp3) is 0.761. The van der Waals surface area contributed by atoms with Crippen molar-refractivity contribution in [3.05, 3.63) is 69.6 Å². The molecule has 2 aromatic heterocycles. The van der Waals surface area contributed by atoms with Crippen LogP contribution >= 0.6 is 0 Å².